The fourth-order valence-electron chi connectivity index (χ4n) is 1.39. The van der Waals surface area contributed by atoms with Crippen molar-refractivity contribution in [2.24, 2.45) is 5.41 Å². The maximum absolute atomic E-state index is 11.0. The van der Waals surface area contributed by atoms with Crippen molar-refractivity contribution in [2.75, 3.05) is 33.2 Å². The Morgan fingerprint density at radius 3 is 1.89 bits per heavy atom. The molecule has 0 N–H and O–H groups in total. The quantitative estimate of drug-likeness (QED) is 0.507. The highest BCUT2D eigenvalue weighted by molar-refractivity contribution is 5.81. The van der Waals surface area contributed by atoms with E-state index in [0.717, 1.165) is 12.2 Å². The van der Waals surface area contributed by atoms with Crippen molar-refractivity contribution >= 4 is 11.9 Å². The molecule has 0 aromatic carbocycles. The molecular formula is C12H16O6. The lowest BCUT2D eigenvalue weighted by Crippen LogP contribution is -2.45. The van der Waals surface area contributed by atoms with Gasteiger partial charge in [0.2, 0.25) is 0 Å². The van der Waals surface area contributed by atoms with Crippen LogP contribution in [0.2, 0.25) is 0 Å². The van der Waals surface area contributed by atoms with Gasteiger partial charge in [0.05, 0.1) is 18.6 Å². The summed E-state index contributed by atoms with van der Waals surface area (Å²) in [5.41, 5.74) is -0.685. The Balaban J connectivity index is 2.56. The third-order valence-electron chi connectivity index (χ3n) is 2.36. The van der Waals surface area contributed by atoms with Gasteiger partial charge < -0.3 is 18.9 Å². The van der Waals surface area contributed by atoms with Crippen LogP contribution < -0.4 is 0 Å². The fraction of sp³-hybridized carbons (Fsp3) is 0.500. The molecule has 1 heterocycles. The Morgan fingerprint density at radius 2 is 1.50 bits per heavy atom. The standard InChI is InChI=1S/C12H16O6/c1-3-10(13)17-7-12(5-15-9-16-6-12)8-18-11(14)4-2/h3-4H,1-2,5-9H2. The molecule has 1 fully saturated rings. The molecule has 0 bridgehead atoms. The van der Waals surface area contributed by atoms with E-state index < -0.39 is 17.4 Å². The van der Waals surface area contributed by atoms with Gasteiger partial charge in [0.1, 0.15) is 20.0 Å². The predicted octanol–water partition coefficient (Wildman–Crippen LogP) is 0.435. The van der Waals surface area contributed by atoms with Crippen LogP contribution in [-0.4, -0.2) is 45.2 Å². The van der Waals surface area contributed by atoms with Crippen LogP contribution in [0.5, 0.6) is 0 Å². The van der Waals surface area contributed by atoms with Crippen molar-refractivity contribution in [1.29, 1.82) is 0 Å². The van der Waals surface area contributed by atoms with Crippen LogP contribution >= 0.6 is 0 Å². The first kappa shape index (κ1) is 14.4. The van der Waals surface area contributed by atoms with Gasteiger partial charge in [-0.15, -0.1) is 0 Å². The molecule has 1 aliphatic heterocycles. The van der Waals surface area contributed by atoms with Crippen molar-refractivity contribution < 1.29 is 28.5 Å². The van der Waals surface area contributed by atoms with Crippen LogP contribution in [0.4, 0.5) is 0 Å². The number of carbonyl (C=O) groups excluding carboxylic acids is 2. The summed E-state index contributed by atoms with van der Waals surface area (Å²) in [5, 5.41) is 0. The minimum atomic E-state index is -0.685. The van der Waals surface area contributed by atoms with E-state index in [4.69, 9.17) is 18.9 Å². The van der Waals surface area contributed by atoms with Gasteiger partial charge in [0, 0.05) is 12.2 Å². The van der Waals surface area contributed by atoms with Gasteiger partial charge >= 0.3 is 11.9 Å². The summed E-state index contributed by atoms with van der Waals surface area (Å²) in [6, 6.07) is 0. The molecule has 0 unspecified atom stereocenters. The van der Waals surface area contributed by atoms with Gasteiger partial charge in [-0.1, -0.05) is 13.2 Å². The largest absolute Gasteiger partial charge is 0.462 e. The van der Waals surface area contributed by atoms with Crippen LogP contribution in [0.15, 0.2) is 25.3 Å². The predicted molar refractivity (Wildman–Crippen MR) is 61.5 cm³/mol. The van der Waals surface area contributed by atoms with Gasteiger partial charge in [-0.25, -0.2) is 9.59 Å². The smallest absolute Gasteiger partial charge is 0.330 e. The van der Waals surface area contributed by atoms with Gasteiger partial charge in [-0.3, -0.25) is 0 Å². The summed E-state index contributed by atoms with van der Waals surface area (Å²) >= 11 is 0. The van der Waals surface area contributed by atoms with E-state index in [9.17, 15) is 9.59 Å². The van der Waals surface area contributed by atoms with Gasteiger partial charge in [0.25, 0.3) is 0 Å². The minimum Gasteiger partial charge on any atom is -0.462 e. The summed E-state index contributed by atoms with van der Waals surface area (Å²) in [6.07, 6.45) is 2.13. The molecule has 0 radical (unpaired) electrons. The van der Waals surface area contributed by atoms with E-state index in [0.29, 0.717) is 0 Å². The van der Waals surface area contributed by atoms with E-state index in [1.54, 1.807) is 0 Å². The van der Waals surface area contributed by atoms with E-state index >= 15 is 0 Å². The van der Waals surface area contributed by atoms with Crippen molar-refractivity contribution in [2.45, 2.75) is 0 Å². The highest BCUT2D eigenvalue weighted by Crippen LogP contribution is 2.23. The van der Waals surface area contributed by atoms with Crippen LogP contribution in [0.3, 0.4) is 0 Å². The van der Waals surface area contributed by atoms with Crippen LogP contribution in [0.25, 0.3) is 0 Å². The summed E-state index contributed by atoms with van der Waals surface area (Å²) in [6.45, 7) is 7.39. The van der Waals surface area contributed by atoms with Crippen molar-refractivity contribution in [3.05, 3.63) is 25.3 Å². The van der Waals surface area contributed by atoms with Gasteiger partial charge in [-0.05, 0) is 0 Å². The number of ether oxygens (including phenoxy) is 4. The molecule has 6 heteroatoms. The summed E-state index contributed by atoms with van der Waals surface area (Å²) in [4.78, 5) is 22.1. The number of hydrogen-bond acceptors (Lipinski definition) is 6. The second-order valence-corrected chi connectivity index (χ2v) is 3.94. The summed E-state index contributed by atoms with van der Waals surface area (Å²) in [5.74, 6) is -1.09. The molecule has 0 saturated carbocycles. The summed E-state index contributed by atoms with van der Waals surface area (Å²) < 4.78 is 20.3. The SMILES string of the molecule is C=CC(=O)OCC1(COC(=O)C=C)COCOC1. The van der Waals surface area contributed by atoms with Crippen LogP contribution in [0.1, 0.15) is 0 Å². The molecule has 0 aromatic rings. The molecule has 1 saturated heterocycles. The topological polar surface area (TPSA) is 71.1 Å². The van der Waals surface area contributed by atoms with Crippen molar-refractivity contribution in [3.8, 4) is 0 Å². The maximum atomic E-state index is 11.0. The first-order valence-corrected chi connectivity index (χ1v) is 5.36. The summed E-state index contributed by atoms with van der Waals surface area (Å²) in [7, 11) is 0. The molecular weight excluding hydrogens is 240 g/mol. The minimum absolute atomic E-state index is 0.0300. The molecule has 0 atom stereocenters. The first-order valence-electron chi connectivity index (χ1n) is 5.36. The zero-order valence-electron chi connectivity index (χ0n) is 10.1. The Kier molecular flexibility index (Phi) is 5.54. The van der Waals surface area contributed by atoms with Crippen LogP contribution in [-0.2, 0) is 28.5 Å². The van der Waals surface area contributed by atoms with Gasteiger partial charge in [-0.2, -0.15) is 0 Å². The molecule has 1 aliphatic rings. The highest BCUT2D eigenvalue weighted by Gasteiger charge is 2.37. The third kappa shape index (κ3) is 4.31. The molecule has 6 nitrogen and oxygen atoms in total. The van der Waals surface area contributed by atoms with Crippen molar-refractivity contribution in [3.63, 3.8) is 0 Å². The lowest BCUT2D eigenvalue weighted by atomic mass is 9.92. The Labute approximate surface area is 105 Å². The first-order chi connectivity index (χ1) is 8.62. The zero-order chi connectivity index (χ0) is 13.4. The number of hydrogen-bond donors (Lipinski definition) is 0. The van der Waals surface area contributed by atoms with Crippen molar-refractivity contribution in [1.82, 2.24) is 0 Å². The van der Waals surface area contributed by atoms with E-state index in [1.807, 2.05) is 0 Å². The zero-order valence-corrected chi connectivity index (χ0v) is 10.1. The number of carbonyl (C=O) groups is 2. The van der Waals surface area contributed by atoms with Gasteiger partial charge in [0.15, 0.2) is 0 Å². The molecule has 0 aromatic heterocycles. The lowest BCUT2D eigenvalue weighted by molar-refractivity contribution is -0.199. The number of esters is 2. The monoisotopic (exact) mass is 256 g/mol. The third-order valence-corrected chi connectivity index (χ3v) is 2.36. The van der Waals surface area contributed by atoms with E-state index in [-0.39, 0.29) is 33.2 Å². The Hall–Kier alpha value is -1.66. The molecule has 1 rings (SSSR count). The second-order valence-electron chi connectivity index (χ2n) is 3.94. The maximum Gasteiger partial charge on any atom is 0.330 e. The number of rotatable bonds is 6. The Morgan fingerprint density at radius 1 is 1.06 bits per heavy atom. The van der Waals surface area contributed by atoms with Crippen LogP contribution in [0, 0.1) is 5.41 Å². The molecule has 0 spiro atoms. The fourth-order valence-corrected chi connectivity index (χ4v) is 1.39. The van der Waals surface area contributed by atoms with E-state index in [2.05, 4.69) is 13.2 Å². The highest BCUT2D eigenvalue weighted by atomic mass is 16.7. The molecule has 18 heavy (non-hydrogen) atoms. The lowest BCUT2D eigenvalue weighted by Gasteiger charge is -2.35. The molecule has 0 amide bonds. The van der Waals surface area contributed by atoms with E-state index in [1.165, 1.54) is 0 Å². The molecule has 100 valence electrons. The normalized spacial score (nSPS) is 17.6. The Bertz CT molecular complexity index is 303. The molecule has 0 aliphatic carbocycles. The second kappa shape index (κ2) is 6.93. The average Bonchev–Trinajstić information content (AvgIpc) is 2.43. The average molecular weight is 256 g/mol.